The van der Waals surface area contributed by atoms with Crippen molar-refractivity contribution in [3.63, 3.8) is 0 Å². The van der Waals surface area contributed by atoms with E-state index >= 15 is 0 Å². The minimum absolute atomic E-state index is 0.0496. The van der Waals surface area contributed by atoms with E-state index in [1.807, 2.05) is 13.8 Å². The number of fused-ring (bicyclic) bond motifs is 2. The number of hydrogen-bond donors (Lipinski definition) is 5. The number of carbonyl (C=O) groups excluding carboxylic acids is 6. The lowest BCUT2D eigenvalue weighted by atomic mass is 10.1. The first-order valence-corrected chi connectivity index (χ1v) is 22.6. The minimum atomic E-state index is -1.11. The third-order valence-electron chi connectivity index (χ3n) is 10.9. The quantitative estimate of drug-likeness (QED) is 0.0391. The van der Waals surface area contributed by atoms with Crippen LogP contribution in [0, 0.1) is 13.8 Å². The SMILES string of the molecule is CCn1nc(C)cc1C(=O)Nc1nc2cc(C(N)=O)cc(OC)c2n1C/C=C/Cn1c(NC(=O)c2cc(C)nn2CC)nc2cc(C(N)=O)cc(OCCCN(C)C(=O)[C@@H](N)CC(=O)OC(C)(C)C)c21. The number of nitrogens with one attached hydrogen (secondary N) is 2. The zero-order chi connectivity index (χ0) is 51.2. The van der Waals surface area contributed by atoms with Crippen LogP contribution >= 0.6 is 0 Å². The number of rotatable bonds is 21. The van der Waals surface area contributed by atoms with E-state index < -0.39 is 47.1 Å². The molecule has 372 valence electrons. The Labute approximate surface area is 403 Å². The zero-order valence-corrected chi connectivity index (χ0v) is 40.8. The molecule has 0 saturated heterocycles. The number of likely N-dealkylation sites (N-methyl/N-ethyl adjacent to an activating group) is 1. The van der Waals surface area contributed by atoms with Crippen molar-refractivity contribution in [2.75, 3.05) is 37.9 Å². The van der Waals surface area contributed by atoms with Gasteiger partial charge < -0.3 is 45.4 Å². The molecule has 6 aromatic rings. The molecule has 4 aromatic heterocycles. The maximum absolute atomic E-state index is 13.9. The molecule has 0 unspecified atom stereocenters. The molecule has 0 fully saturated rings. The highest BCUT2D eigenvalue weighted by molar-refractivity contribution is 6.05. The molecule has 6 rings (SSSR count). The monoisotopic (exact) mass is 964 g/mol. The summed E-state index contributed by atoms with van der Waals surface area (Å²) >= 11 is 0. The summed E-state index contributed by atoms with van der Waals surface area (Å²) in [5.41, 5.74) is 20.4. The van der Waals surface area contributed by atoms with Gasteiger partial charge in [-0.05, 0) is 91.3 Å². The molecule has 0 aliphatic carbocycles. The Morgan fingerprint density at radius 3 is 1.67 bits per heavy atom. The minimum Gasteiger partial charge on any atom is -0.494 e. The van der Waals surface area contributed by atoms with Crippen molar-refractivity contribution in [1.82, 2.24) is 43.6 Å². The van der Waals surface area contributed by atoms with Gasteiger partial charge in [0.1, 0.15) is 39.5 Å². The fourth-order valence-corrected chi connectivity index (χ4v) is 7.71. The summed E-state index contributed by atoms with van der Waals surface area (Å²) in [5.74, 6) is -2.73. The van der Waals surface area contributed by atoms with Gasteiger partial charge in [0, 0.05) is 50.9 Å². The molecule has 4 heterocycles. The van der Waals surface area contributed by atoms with Gasteiger partial charge in [-0.15, -0.1) is 0 Å². The van der Waals surface area contributed by atoms with E-state index in [2.05, 4.69) is 25.8 Å². The Morgan fingerprint density at radius 2 is 1.23 bits per heavy atom. The van der Waals surface area contributed by atoms with E-state index in [9.17, 15) is 28.8 Å². The van der Waals surface area contributed by atoms with Crippen LogP contribution in [0.1, 0.15) is 101 Å². The van der Waals surface area contributed by atoms with Gasteiger partial charge in [-0.3, -0.25) is 48.8 Å². The van der Waals surface area contributed by atoms with Crippen molar-refractivity contribution >= 4 is 69.5 Å². The first kappa shape index (κ1) is 51.3. The van der Waals surface area contributed by atoms with Gasteiger partial charge in [0.2, 0.25) is 29.6 Å². The molecular weight excluding hydrogens is 905 g/mol. The van der Waals surface area contributed by atoms with Gasteiger partial charge in [0.15, 0.2) is 0 Å². The largest absolute Gasteiger partial charge is 0.494 e. The Morgan fingerprint density at radius 1 is 0.757 bits per heavy atom. The van der Waals surface area contributed by atoms with Gasteiger partial charge in [-0.1, -0.05) is 12.2 Å². The third-order valence-corrected chi connectivity index (χ3v) is 10.9. The number of ether oxygens (including phenoxy) is 3. The molecule has 0 aliphatic heterocycles. The van der Waals surface area contributed by atoms with Crippen LogP contribution in [0.5, 0.6) is 11.5 Å². The summed E-state index contributed by atoms with van der Waals surface area (Å²) in [4.78, 5) is 88.8. The number of aryl methyl sites for hydroxylation is 4. The van der Waals surface area contributed by atoms with Crippen LogP contribution in [-0.4, -0.2) is 118 Å². The summed E-state index contributed by atoms with van der Waals surface area (Å²) in [7, 11) is 3.00. The average Bonchev–Trinajstić information content (AvgIpc) is 4.06. The van der Waals surface area contributed by atoms with E-state index in [1.54, 1.807) is 84.4 Å². The van der Waals surface area contributed by atoms with E-state index in [4.69, 9.17) is 36.4 Å². The lowest BCUT2D eigenvalue weighted by molar-refractivity contribution is -0.156. The predicted octanol–water partition coefficient (Wildman–Crippen LogP) is 3.69. The van der Waals surface area contributed by atoms with E-state index in [0.29, 0.717) is 58.8 Å². The summed E-state index contributed by atoms with van der Waals surface area (Å²) in [6.07, 6.45) is 3.61. The Balaban J connectivity index is 1.34. The third kappa shape index (κ3) is 11.8. The summed E-state index contributed by atoms with van der Waals surface area (Å²) in [5, 5.41) is 14.6. The van der Waals surface area contributed by atoms with Crippen molar-refractivity contribution in [3.8, 4) is 11.5 Å². The second-order valence-electron chi connectivity index (χ2n) is 17.4. The number of amides is 5. The number of aromatic nitrogens is 8. The molecule has 23 nitrogen and oxygen atoms in total. The Kier molecular flexibility index (Phi) is 15.7. The Hall–Kier alpha value is -8.08. The number of anilines is 2. The number of imidazole rings is 2. The summed E-state index contributed by atoms with van der Waals surface area (Å²) < 4.78 is 23.9. The van der Waals surface area contributed by atoms with Crippen molar-refractivity contribution < 1.29 is 43.0 Å². The smallest absolute Gasteiger partial charge is 0.308 e. The number of carbonyl (C=O) groups is 6. The lowest BCUT2D eigenvalue weighted by Gasteiger charge is -2.23. The van der Waals surface area contributed by atoms with Crippen LogP contribution < -0.4 is 37.3 Å². The fraction of sp³-hybridized carbons (Fsp3) is 0.404. The van der Waals surface area contributed by atoms with Gasteiger partial charge in [0.05, 0.1) is 48.6 Å². The number of methoxy groups -OCH3 is 1. The maximum Gasteiger partial charge on any atom is 0.308 e. The van der Waals surface area contributed by atoms with Crippen LogP contribution in [0.15, 0.2) is 48.6 Å². The number of nitrogens with two attached hydrogens (primary N) is 3. The first-order chi connectivity index (χ1) is 33.1. The molecule has 0 radical (unpaired) electrons. The normalized spacial score (nSPS) is 12.1. The van der Waals surface area contributed by atoms with E-state index in [-0.39, 0.29) is 72.7 Å². The molecule has 2 aromatic carbocycles. The van der Waals surface area contributed by atoms with E-state index in [0.717, 1.165) is 0 Å². The number of allylic oxidation sites excluding steroid dienone is 2. The van der Waals surface area contributed by atoms with Crippen LogP contribution in [0.3, 0.4) is 0 Å². The summed E-state index contributed by atoms with van der Waals surface area (Å²) in [6, 6.07) is 8.17. The second kappa shape index (κ2) is 21.5. The van der Waals surface area contributed by atoms with Crippen molar-refractivity contribution in [3.05, 3.63) is 82.5 Å². The number of esters is 1. The maximum atomic E-state index is 13.9. The molecule has 0 aliphatic rings. The average molecular weight is 965 g/mol. The molecule has 1 atom stereocenters. The summed E-state index contributed by atoms with van der Waals surface area (Å²) in [6.45, 7) is 13.8. The predicted molar refractivity (Wildman–Crippen MR) is 260 cm³/mol. The Bertz CT molecular complexity index is 3010. The molecular formula is C47H60N14O9. The van der Waals surface area contributed by atoms with Crippen LogP contribution in [0.2, 0.25) is 0 Å². The lowest BCUT2D eigenvalue weighted by Crippen LogP contribution is -2.44. The van der Waals surface area contributed by atoms with Crippen molar-refractivity contribution in [2.45, 2.75) is 99.1 Å². The van der Waals surface area contributed by atoms with Crippen LogP contribution in [0.25, 0.3) is 22.1 Å². The van der Waals surface area contributed by atoms with Crippen LogP contribution in [-0.2, 0) is 40.5 Å². The van der Waals surface area contributed by atoms with Crippen molar-refractivity contribution in [1.29, 1.82) is 0 Å². The molecule has 0 saturated carbocycles. The number of benzene rings is 2. The van der Waals surface area contributed by atoms with Crippen molar-refractivity contribution in [2.24, 2.45) is 17.2 Å². The fourth-order valence-electron chi connectivity index (χ4n) is 7.71. The molecule has 70 heavy (non-hydrogen) atoms. The molecule has 8 N–H and O–H groups in total. The van der Waals surface area contributed by atoms with Gasteiger partial charge >= 0.3 is 5.97 Å². The van der Waals surface area contributed by atoms with Gasteiger partial charge in [-0.25, -0.2) is 9.97 Å². The molecule has 0 spiro atoms. The highest BCUT2D eigenvalue weighted by atomic mass is 16.6. The van der Waals surface area contributed by atoms with Crippen LogP contribution in [0.4, 0.5) is 11.9 Å². The second-order valence-corrected chi connectivity index (χ2v) is 17.4. The number of primary amides is 2. The standard InChI is InChI=1S/C47H60N14O9/c1-10-60-33(19-26(3)55-60)42(65)53-45-51-31-21-28(40(49)63)23-35(68-9)38(31)58(45)16-12-13-17-59-39-32(52-46(59)54-43(66)34-20-27(4)56-61(34)11-2)22-29(41(50)64)24-36(39)69-18-14-15-57(8)44(67)30(48)25-37(62)70-47(5,6)7/h12-13,19-24,30H,10-11,14-18,25,48H2,1-9H3,(H2,49,63)(H2,50,64)(H,51,53,65)(H,52,54,66)/b13-12+/t30-/m0/s1. The number of hydrogen-bond acceptors (Lipinski definition) is 14. The highest BCUT2D eigenvalue weighted by Crippen LogP contribution is 2.33. The van der Waals surface area contributed by atoms with E-state index in [1.165, 1.54) is 36.3 Å². The highest BCUT2D eigenvalue weighted by Gasteiger charge is 2.26. The first-order valence-electron chi connectivity index (χ1n) is 22.6. The zero-order valence-electron chi connectivity index (χ0n) is 40.8. The molecule has 0 bridgehead atoms. The topological polar surface area (TPSA) is 307 Å². The molecule has 5 amide bonds. The molecule has 23 heteroatoms. The van der Waals surface area contributed by atoms with Gasteiger partial charge in [0.25, 0.3) is 11.8 Å². The number of nitrogens with zero attached hydrogens (tertiary/aromatic N) is 9. The van der Waals surface area contributed by atoms with Gasteiger partial charge in [-0.2, -0.15) is 10.2 Å².